The topological polar surface area (TPSA) is 15.3 Å². The highest BCUT2D eigenvalue weighted by Crippen LogP contribution is 1.90. The van der Waals surface area contributed by atoms with Crippen molar-refractivity contribution < 1.29 is 0 Å². The number of rotatable bonds is 6. The van der Waals surface area contributed by atoms with Gasteiger partial charge in [0.25, 0.3) is 0 Å². The first-order valence-corrected chi connectivity index (χ1v) is 4.08. The molecule has 0 aromatic heterocycles. The lowest BCUT2D eigenvalue weighted by Gasteiger charge is -2.11. The summed E-state index contributed by atoms with van der Waals surface area (Å²) < 4.78 is 0. The van der Waals surface area contributed by atoms with Gasteiger partial charge in [0.2, 0.25) is 0 Å². The zero-order valence-corrected chi connectivity index (χ0v) is 7.56. The number of nitrogens with zero attached hydrogens (tertiary/aromatic N) is 1. The second kappa shape index (κ2) is 7.59. The van der Waals surface area contributed by atoms with Crippen molar-refractivity contribution in [3.05, 3.63) is 0 Å². The SMILES string of the molecule is C#CCN(C)CCCCNC. The average molecular weight is 154 g/mol. The first-order chi connectivity index (χ1) is 5.31. The lowest BCUT2D eigenvalue weighted by Crippen LogP contribution is -2.20. The van der Waals surface area contributed by atoms with E-state index in [0.717, 1.165) is 19.6 Å². The summed E-state index contributed by atoms with van der Waals surface area (Å²) >= 11 is 0. The van der Waals surface area contributed by atoms with Crippen molar-refractivity contribution >= 4 is 0 Å². The van der Waals surface area contributed by atoms with E-state index < -0.39 is 0 Å². The maximum absolute atomic E-state index is 5.16. The van der Waals surface area contributed by atoms with Gasteiger partial charge in [0.1, 0.15) is 0 Å². The summed E-state index contributed by atoms with van der Waals surface area (Å²) in [6, 6.07) is 0. The highest BCUT2D eigenvalue weighted by atomic mass is 15.1. The molecule has 0 saturated heterocycles. The molecule has 0 aromatic rings. The Bertz CT molecular complexity index is 115. The molecule has 0 radical (unpaired) electrons. The number of unbranched alkanes of at least 4 members (excludes halogenated alkanes) is 1. The zero-order chi connectivity index (χ0) is 8.53. The van der Waals surface area contributed by atoms with E-state index in [2.05, 4.69) is 23.2 Å². The summed E-state index contributed by atoms with van der Waals surface area (Å²) in [5.41, 5.74) is 0. The van der Waals surface area contributed by atoms with Crippen LogP contribution in [0.1, 0.15) is 12.8 Å². The molecule has 0 bridgehead atoms. The molecule has 0 aromatic carbocycles. The summed E-state index contributed by atoms with van der Waals surface area (Å²) in [4.78, 5) is 2.16. The van der Waals surface area contributed by atoms with Gasteiger partial charge in [0.15, 0.2) is 0 Å². The van der Waals surface area contributed by atoms with Crippen LogP contribution in [-0.4, -0.2) is 38.6 Å². The minimum Gasteiger partial charge on any atom is -0.320 e. The van der Waals surface area contributed by atoms with Crippen LogP contribution >= 0.6 is 0 Å². The Balaban J connectivity index is 3.05. The summed E-state index contributed by atoms with van der Waals surface area (Å²) in [6.45, 7) is 2.97. The molecule has 0 amide bonds. The first kappa shape index (κ1) is 10.5. The Hall–Kier alpha value is -0.520. The van der Waals surface area contributed by atoms with Crippen molar-refractivity contribution in [1.82, 2.24) is 10.2 Å². The van der Waals surface area contributed by atoms with E-state index in [0.29, 0.717) is 0 Å². The van der Waals surface area contributed by atoms with E-state index >= 15 is 0 Å². The Morgan fingerprint density at radius 3 is 2.73 bits per heavy atom. The smallest absolute Gasteiger partial charge is 0.0596 e. The molecule has 0 aliphatic carbocycles. The normalized spacial score (nSPS) is 10.0. The number of terminal acetylenes is 1. The summed E-state index contributed by atoms with van der Waals surface area (Å²) in [5.74, 6) is 2.62. The fourth-order valence-corrected chi connectivity index (χ4v) is 0.918. The molecule has 64 valence electrons. The molecule has 0 fully saturated rings. The predicted molar refractivity (Wildman–Crippen MR) is 49.5 cm³/mol. The number of hydrogen-bond acceptors (Lipinski definition) is 2. The van der Waals surface area contributed by atoms with Gasteiger partial charge in [-0.2, -0.15) is 0 Å². The van der Waals surface area contributed by atoms with Crippen molar-refractivity contribution in [2.75, 3.05) is 33.7 Å². The molecule has 0 rings (SSSR count). The van der Waals surface area contributed by atoms with Gasteiger partial charge in [-0.1, -0.05) is 5.92 Å². The van der Waals surface area contributed by atoms with Crippen LogP contribution < -0.4 is 5.32 Å². The molecular weight excluding hydrogens is 136 g/mol. The molecule has 0 spiro atoms. The van der Waals surface area contributed by atoms with Crippen LogP contribution in [-0.2, 0) is 0 Å². The maximum atomic E-state index is 5.16. The standard InChI is InChI=1S/C9H18N2/c1-4-8-11(3)9-6-5-7-10-2/h1,10H,5-9H2,2-3H3. The summed E-state index contributed by atoms with van der Waals surface area (Å²) in [6.07, 6.45) is 7.60. The third-order valence-electron chi connectivity index (χ3n) is 1.58. The molecule has 0 heterocycles. The van der Waals surface area contributed by atoms with Gasteiger partial charge in [-0.3, -0.25) is 4.90 Å². The number of nitrogens with one attached hydrogen (secondary N) is 1. The van der Waals surface area contributed by atoms with E-state index in [1.165, 1.54) is 12.8 Å². The Morgan fingerprint density at radius 2 is 2.18 bits per heavy atom. The lowest BCUT2D eigenvalue weighted by molar-refractivity contribution is 0.364. The molecule has 0 saturated carbocycles. The fourth-order valence-electron chi connectivity index (χ4n) is 0.918. The Morgan fingerprint density at radius 1 is 1.45 bits per heavy atom. The van der Waals surface area contributed by atoms with E-state index in [9.17, 15) is 0 Å². The van der Waals surface area contributed by atoms with Crippen molar-refractivity contribution in [2.24, 2.45) is 0 Å². The van der Waals surface area contributed by atoms with Crippen molar-refractivity contribution in [3.63, 3.8) is 0 Å². The highest BCUT2D eigenvalue weighted by molar-refractivity contribution is 4.86. The van der Waals surface area contributed by atoms with Crippen LogP contribution in [0.4, 0.5) is 0 Å². The Labute approximate surface area is 70.0 Å². The van der Waals surface area contributed by atoms with Gasteiger partial charge in [0, 0.05) is 0 Å². The number of hydrogen-bond donors (Lipinski definition) is 1. The second-order valence-electron chi connectivity index (χ2n) is 2.75. The lowest BCUT2D eigenvalue weighted by atomic mass is 10.3. The summed E-state index contributed by atoms with van der Waals surface area (Å²) in [7, 11) is 4.03. The van der Waals surface area contributed by atoms with E-state index in [4.69, 9.17) is 6.42 Å². The zero-order valence-electron chi connectivity index (χ0n) is 7.56. The third kappa shape index (κ3) is 7.38. The Kier molecular flexibility index (Phi) is 7.23. The molecule has 0 atom stereocenters. The second-order valence-corrected chi connectivity index (χ2v) is 2.75. The first-order valence-electron chi connectivity index (χ1n) is 4.08. The van der Waals surface area contributed by atoms with Gasteiger partial charge < -0.3 is 5.32 Å². The minimum atomic E-state index is 0.763. The third-order valence-corrected chi connectivity index (χ3v) is 1.58. The summed E-state index contributed by atoms with van der Waals surface area (Å²) in [5, 5.41) is 3.11. The van der Waals surface area contributed by atoms with Crippen LogP contribution in [0.5, 0.6) is 0 Å². The molecule has 0 unspecified atom stereocenters. The van der Waals surface area contributed by atoms with Crippen LogP contribution in [0.15, 0.2) is 0 Å². The van der Waals surface area contributed by atoms with Crippen molar-refractivity contribution in [2.45, 2.75) is 12.8 Å². The van der Waals surface area contributed by atoms with Gasteiger partial charge in [0.05, 0.1) is 6.54 Å². The van der Waals surface area contributed by atoms with E-state index in [1.54, 1.807) is 0 Å². The maximum Gasteiger partial charge on any atom is 0.0596 e. The molecule has 2 nitrogen and oxygen atoms in total. The molecule has 11 heavy (non-hydrogen) atoms. The monoisotopic (exact) mass is 154 g/mol. The predicted octanol–water partition coefficient (Wildman–Crippen LogP) is 0.551. The minimum absolute atomic E-state index is 0.763. The molecule has 2 heteroatoms. The van der Waals surface area contributed by atoms with Gasteiger partial charge in [-0.05, 0) is 40.0 Å². The van der Waals surface area contributed by atoms with Crippen LogP contribution in [0.2, 0.25) is 0 Å². The largest absolute Gasteiger partial charge is 0.320 e. The van der Waals surface area contributed by atoms with Gasteiger partial charge >= 0.3 is 0 Å². The van der Waals surface area contributed by atoms with E-state index in [1.807, 2.05) is 7.05 Å². The van der Waals surface area contributed by atoms with Crippen molar-refractivity contribution in [1.29, 1.82) is 0 Å². The average Bonchev–Trinajstić information content (AvgIpc) is 1.99. The quantitative estimate of drug-likeness (QED) is 0.444. The molecule has 0 aliphatic rings. The fraction of sp³-hybridized carbons (Fsp3) is 0.778. The van der Waals surface area contributed by atoms with Gasteiger partial charge in [-0.25, -0.2) is 0 Å². The van der Waals surface area contributed by atoms with Crippen molar-refractivity contribution in [3.8, 4) is 12.3 Å². The molecular formula is C9H18N2. The van der Waals surface area contributed by atoms with Gasteiger partial charge in [-0.15, -0.1) is 6.42 Å². The van der Waals surface area contributed by atoms with Crippen LogP contribution in [0, 0.1) is 12.3 Å². The van der Waals surface area contributed by atoms with E-state index in [-0.39, 0.29) is 0 Å². The molecule has 0 aliphatic heterocycles. The molecule has 1 N–H and O–H groups in total. The highest BCUT2D eigenvalue weighted by Gasteiger charge is 1.93. The van der Waals surface area contributed by atoms with Crippen LogP contribution in [0.3, 0.4) is 0 Å². The van der Waals surface area contributed by atoms with Crippen LogP contribution in [0.25, 0.3) is 0 Å².